The molecule has 0 amide bonds. The Kier molecular flexibility index (Phi) is 2.51. The molecule has 1 heterocycles. The number of nitrogen functional groups attached to an aromatic ring is 1. The molecule has 1 aromatic heterocycles. The highest BCUT2D eigenvalue weighted by Gasteiger charge is 1.94. The number of aromatic nitrogens is 1. The molecule has 0 aliphatic rings. The lowest BCUT2D eigenvalue weighted by atomic mass is 10.2. The molecular weight excluding hydrogens is 172 g/mol. The van der Waals surface area contributed by atoms with Crippen molar-refractivity contribution in [3.8, 4) is 0 Å². The predicted molar refractivity (Wildman–Crippen MR) is 53.4 cm³/mol. The first-order chi connectivity index (χ1) is 5.38. The number of nitrogens with two attached hydrogens (primary N) is 1. The molecule has 12 heavy (non-hydrogen) atoms. The van der Waals surface area contributed by atoms with Crippen LogP contribution >= 0.6 is 12.4 Å². The number of rotatable bonds is 0. The summed E-state index contributed by atoms with van der Waals surface area (Å²) in [5.41, 5.74) is 5.65. The second-order valence-corrected chi connectivity index (χ2v) is 2.42. The van der Waals surface area contributed by atoms with Crippen LogP contribution in [0.4, 0.5) is 5.82 Å². The van der Waals surface area contributed by atoms with Crippen LogP contribution in [0.2, 0.25) is 0 Å². The molecular formula is C9H9ClN2. The quantitative estimate of drug-likeness (QED) is 0.676. The summed E-state index contributed by atoms with van der Waals surface area (Å²) >= 11 is 0. The monoisotopic (exact) mass is 180 g/mol. The van der Waals surface area contributed by atoms with E-state index in [1.54, 1.807) is 6.20 Å². The van der Waals surface area contributed by atoms with E-state index in [0.717, 1.165) is 10.8 Å². The van der Waals surface area contributed by atoms with Crippen molar-refractivity contribution in [1.29, 1.82) is 0 Å². The number of fused-ring (bicyclic) bond motifs is 1. The maximum absolute atomic E-state index is 5.65. The van der Waals surface area contributed by atoms with Crippen LogP contribution in [-0.4, -0.2) is 4.98 Å². The largest absolute Gasteiger partial charge is 0.383 e. The van der Waals surface area contributed by atoms with E-state index in [2.05, 4.69) is 4.98 Å². The molecule has 3 heteroatoms. The van der Waals surface area contributed by atoms with Gasteiger partial charge < -0.3 is 5.73 Å². The van der Waals surface area contributed by atoms with Crippen LogP contribution in [0.3, 0.4) is 0 Å². The van der Waals surface area contributed by atoms with Crippen LogP contribution in [0, 0.1) is 0 Å². The zero-order chi connectivity index (χ0) is 7.68. The molecule has 0 saturated heterocycles. The summed E-state index contributed by atoms with van der Waals surface area (Å²) < 4.78 is 0. The van der Waals surface area contributed by atoms with E-state index in [9.17, 15) is 0 Å². The Bertz CT molecular complexity index is 382. The average molecular weight is 181 g/mol. The van der Waals surface area contributed by atoms with Gasteiger partial charge in [-0.2, -0.15) is 0 Å². The average Bonchev–Trinajstić information content (AvgIpc) is 2.06. The van der Waals surface area contributed by atoms with Gasteiger partial charge in [0.25, 0.3) is 0 Å². The van der Waals surface area contributed by atoms with Crippen molar-refractivity contribution >= 4 is 29.0 Å². The molecule has 0 atom stereocenters. The highest BCUT2D eigenvalue weighted by molar-refractivity contribution is 5.90. The number of hydrogen-bond acceptors (Lipinski definition) is 2. The molecule has 0 bridgehead atoms. The standard InChI is InChI=1S/C9H8N2.ClH/c10-9-8-4-2-1-3-7(8)5-6-11-9;/h1-6H,(H2,10,11);1H. The summed E-state index contributed by atoms with van der Waals surface area (Å²) in [6.07, 6.45) is 1.72. The van der Waals surface area contributed by atoms with Gasteiger partial charge in [0.15, 0.2) is 0 Å². The number of anilines is 1. The van der Waals surface area contributed by atoms with Gasteiger partial charge in [0.05, 0.1) is 0 Å². The maximum Gasteiger partial charge on any atom is 0.131 e. The van der Waals surface area contributed by atoms with E-state index in [0.29, 0.717) is 5.82 Å². The van der Waals surface area contributed by atoms with Gasteiger partial charge >= 0.3 is 0 Å². The molecule has 0 aliphatic heterocycles. The van der Waals surface area contributed by atoms with Crippen molar-refractivity contribution < 1.29 is 0 Å². The Balaban J connectivity index is 0.000000720. The van der Waals surface area contributed by atoms with Crippen molar-refractivity contribution in [2.75, 3.05) is 5.73 Å². The van der Waals surface area contributed by atoms with E-state index >= 15 is 0 Å². The Labute approximate surface area is 76.8 Å². The topological polar surface area (TPSA) is 38.9 Å². The predicted octanol–water partition coefficient (Wildman–Crippen LogP) is 2.24. The molecule has 1 aromatic carbocycles. The second kappa shape index (κ2) is 3.41. The number of pyridine rings is 1. The lowest BCUT2D eigenvalue weighted by Crippen LogP contribution is -1.89. The van der Waals surface area contributed by atoms with Gasteiger partial charge in [-0.05, 0) is 11.5 Å². The van der Waals surface area contributed by atoms with Gasteiger partial charge in [-0.3, -0.25) is 0 Å². The highest BCUT2D eigenvalue weighted by Crippen LogP contribution is 2.16. The fourth-order valence-electron chi connectivity index (χ4n) is 1.14. The lowest BCUT2D eigenvalue weighted by Gasteiger charge is -1.97. The summed E-state index contributed by atoms with van der Waals surface area (Å²) in [5.74, 6) is 0.600. The van der Waals surface area contributed by atoms with Crippen LogP contribution in [0.5, 0.6) is 0 Å². The smallest absolute Gasteiger partial charge is 0.131 e. The van der Waals surface area contributed by atoms with E-state index in [1.165, 1.54) is 0 Å². The van der Waals surface area contributed by atoms with Crippen LogP contribution in [0.25, 0.3) is 10.8 Å². The fraction of sp³-hybridized carbons (Fsp3) is 0. The normalized spacial score (nSPS) is 9.33. The van der Waals surface area contributed by atoms with E-state index < -0.39 is 0 Å². The van der Waals surface area contributed by atoms with Crippen molar-refractivity contribution in [1.82, 2.24) is 4.98 Å². The van der Waals surface area contributed by atoms with Crippen molar-refractivity contribution in [2.45, 2.75) is 0 Å². The van der Waals surface area contributed by atoms with Gasteiger partial charge in [-0.15, -0.1) is 12.4 Å². The number of nitrogens with zero attached hydrogens (tertiary/aromatic N) is 1. The van der Waals surface area contributed by atoms with Gasteiger partial charge in [-0.1, -0.05) is 24.3 Å². The number of benzene rings is 1. The Morgan fingerprint density at radius 1 is 1.08 bits per heavy atom. The Morgan fingerprint density at radius 2 is 1.83 bits per heavy atom. The number of halogens is 1. The van der Waals surface area contributed by atoms with E-state index in [1.807, 2.05) is 30.3 Å². The summed E-state index contributed by atoms with van der Waals surface area (Å²) in [6, 6.07) is 9.89. The van der Waals surface area contributed by atoms with Crippen molar-refractivity contribution in [3.05, 3.63) is 36.5 Å². The molecule has 2 N–H and O–H groups in total. The molecule has 0 radical (unpaired) electrons. The molecule has 2 nitrogen and oxygen atoms in total. The molecule has 2 aromatic rings. The molecule has 0 spiro atoms. The highest BCUT2D eigenvalue weighted by atomic mass is 35.5. The Hall–Kier alpha value is -1.28. The molecule has 0 fully saturated rings. The van der Waals surface area contributed by atoms with Crippen LogP contribution in [0.15, 0.2) is 36.5 Å². The van der Waals surface area contributed by atoms with Gasteiger partial charge in [0.2, 0.25) is 0 Å². The minimum atomic E-state index is 0. The first-order valence-electron chi connectivity index (χ1n) is 3.47. The van der Waals surface area contributed by atoms with Crippen LogP contribution < -0.4 is 5.73 Å². The van der Waals surface area contributed by atoms with Gasteiger partial charge in [0, 0.05) is 11.6 Å². The summed E-state index contributed by atoms with van der Waals surface area (Å²) in [5, 5.41) is 2.16. The summed E-state index contributed by atoms with van der Waals surface area (Å²) in [6.45, 7) is 0. The molecule has 0 unspecified atom stereocenters. The Morgan fingerprint density at radius 3 is 2.58 bits per heavy atom. The van der Waals surface area contributed by atoms with Crippen LogP contribution in [-0.2, 0) is 0 Å². The third kappa shape index (κ3) is 1.34. The van der Waals surface area contributed by atoms with E-state index in [-0.39, 0.29) is 12.4 Å². The molecule has 0 aliphatic carbocycles. The zero-order valence-corrected chi connectivity index (χ0v) is 7.21. The summed E-state index contributed by atoms with van der Waals surface area (Å²) in [4.78, 5) is 3.99. The fourth-order valence-corrected chi connectivity index (χ4v) is 1.14. The zero-order valence-electron chi connectivity index (χ0n) is 6.40. The minimum absolute atomic E-state index is 0. The molecule has 2 rings (SSSR count). The lowest BCUT2D eigenvalue weighted by molar-refractivity contribution is 1.37. The van der Waals surface area contributed by atoms with Crippen LogP contribution in [0.1, 0.15) is 0 Å². The number of hydrogen-bond donors (Lipinski definition) is 1. The van der Waals surface area contributed by atoms with Gasteiger partial charge in [-0.25, -0.2) is 4.98 Å². The maximum atomic E-state index is 5.65. The van der Waals surface area contributed by atoms with Crippen molar-refractivity contribution in [3.63, 3.8) is 0 Å². The SMILES string of the molecule is Cl.Nc1nccc2ccccc12. The van der Waals surface area contributed by atoms with Crippen molar-refractivity contribution in [2.24, 2.45) is 0 Å². The molecule has 62 valence electrons. The third-order valence-electron chi connectivity index (χ3n) is 1.70. The van der Waals surface area contributed by atoms with E-state index in [4.69, 9.17) is 5.73 Å². The first kappa shape index (κ1) is 8.81. The third-order valence-corrected chi connectivity index (χ3v) is 1.70. The minimum Gasteiger partial charge on any atom is -0.383 e. The summed E-state index contributed by atoms with van der Waals surface area (Å²) in [7, 11) is 0. The molecule has 0 saturated carbocycles. The second-order valence-electron chi connectivity index (χ2n) is 2.42. The van der Waals surface area contributed by atoms with Gasteiger partial charge in [0.1, 0.15) is 5.82 Å². The first-order valence-corrected chi connectivity index (χ1v) is 3.47.